The van der Waals surface area contributed by atoms with E-state index in [-0.39, 0.29) is 31.1 Å². The quantitative estimate of drug-likeness (QED) is 0.0261. The topological polar surface area (TPSA) is 78.9 Å². The Morgan fingerprint density at radius 3 is 0.753 bits per heavy atom. The van der Waals surface area contributed by atoms with Crippen molar-refractivity contribution in [2.45, 2.75) is 335 Å². The minimum atomic E-state index is -0.778. The van der Waals surface area contributed by atoms with Gasteiger partial charge in [-0.15, -0.1) is 0 Å². The molecule has 0 saturated heterocycles. The van der Waals surface area contributed by atoms with E-state index >= 15 is 0 Å². The molecule has 0 N–H and O–H groups in total. The summed E-state index contributed by atoms with van der Waals surface area (Å²) >= 11 is 0. The molecular formula is C75H128O6. The van der Waals surface area contributed by atoms with E-state index in [1.54, 1.807) is 0 Å². The summed E-state index contributed by atoms with van der Waals surface area (Å²) in [6, 6.07) is 0. The lowest BCUT2D eigenvalue weighted by Gasteiger charge is -2.18. The van der Waals surface area contributed by atoms with Crippen LogP contribution in [0.1, 0.15) is 329 Å². The summed E-state index contributed by atoms with van der Waals surface area (Å²) in [4.78, 5) is 38.0. The SMILES string of the molecule is CC/C=C\C/C=C\C/C=C\C/C=C\C/C=C\C/C=C\C/C=C\CCCCCCCCCCCC(=O)OCC(COC(=O)CCCCCCC)OC(=O)CCCCCCCCCCCCCCCCC/C=C\C/C=C\CCCCCCC. The Labute approximate surface area is 501 Å². The maximum Gasteiger partial charge on any atom is 0.306 e. The molecule has 0 spiro atoms. The number of ether oxygens (including phenoxy) is 3. The highest BCUT2D eigenvalue weighted by molar-refractivity contribution is 5.71. The standard InChI is InChI=1S/C75H128O6/c1-4-7-10-13-15-17-19-21-23-25-27-29-31-33-35-36-37-38-40-41-43-45-47-49-51-53-55-57-59-62-65-68-74(77)80-71-72(70-79-73(76)67-64-61-12-9-6-3)81-75(78)69-66-63-60-58-56-54-52-50-48-46-44-42-39-34-32-30-28-26-24-22-20-18-16-14-11-8-5-2/h7,10,15,17,20-23,26-29,33,35,37-38,41,43,72H,4-6,8-9,11-14,16,18-19,24-25,30-32,34,36,39-40,42,44-71H2,1-3H3/b10-7-,17-15-,22-20-,23-21-,28-26-,29-27-,35-33-,38-37-,43-41-. The number of carbonyl (C=O) groups excluding carboxylic acids is 3. The number of rotatable bonds is 62. The second kappa shape index (κ2) is 68.6. The van der Waals surface area contributed by atoms with Gasteiger partial charge in [-0.05, 0) is 109 Å². The molecule has 6 nitrogen and oxygen atoms in total. The number of hydrogen-bond donors (Lipinski definition) is 0. The summed E-state index contributed by atoms with van der Waals surface area (Å²) in [5.74, 6) is -0.889. The first kappa shape index (κ1) is 77.1. The fourth-order valence-electron chi connectivity index (χ4n) is 9.63. The van der Waals surface area contributed by atoms with Crippen LogP contribution in [-0.4, -0.2) is 37.2 Å². The van der Waals surface area contributed by atoms with E-state index in [0.717, 1.165) is 122 Å². The zero-order chi connectivity index (χ0) is 58.5. The van der Waals surface area contributed by atoms with Crippen LogP contribution in [-0.2, 0) is 28.6 Å². The van der Waals surface area contributed by atoms with E-state index in [1.165, 1.54) is 167 Å². The third-order valence-corrected chi connectivity index (χ3v) is 14.8. The third-order valence-electron chi connectivity index (χ3n) is 14.8. The molecule has 464 valence electrons. The van der Waals surface area contributed by atoms with Gasteiger partial charge in [-0.3, -0.25) is 14.4 Å². The number of esters is 3. The number of hydrogen-bond acceptors (Lipinski definition) is 6. The zero-order valence-electron chi connectivity index (χ0n) is 53.3. The average molecular weight is 1130 g/mol. The zero-order valence-corrected chi connectivity index (χ0v) is 53.3. The minimum Gasteiger partial charge on any atom is -0.462 e. The van der Waals surface area contributed by atoms with Crippen LogP contribution in [0.25, 0.3) is 0 Å². The molecule has 0 radical (unpaired) electrons. The van der Waals surface area contributed by atoms with Crippen molar-refractivity contribution >= 4 is 17.9 Å². The second-order valence-corrected chi connectivity index (χ2v) is 22.7. The normalized spacial score (nSPS) is 12.8. The third kappa shape index (κ3) is 66.8. The Kier molecular flexibility index (Phi) is 65.2. The molecule has 0 bridgehead atoms. The largest absolute Gasteiger partial charge is 0.462 e. The fourth-order valence-corrected chi connectivity index (χ4v) is 9.63. The molecule has 1 atom stereocenters. The molecule has 6 heteroatoms. The van der Waals surface area contributed by atoms with Crippen molar-refractivity contribution in [1.29, 1.82) is 0 Å². The lowest BCUT2D eigenvalue weighted by Crippen LogP contribution is -2.30. The van der Waals surface area contributed by atoms with Crippen LogP contribution in [0.5, 0.6) is 0 Å². The summed E-state index contributed by atoms with van der Waals surface area (Å²) in [5, 5.41) is 0. The van der Waals surface area contributed by atoms with Crippen LogP contribution >= 0.6 is 0 Å². The molecule has 81 heavy (non-hydrogen) atoms. The molecule has 0 aliphatic rings. The van der Waals surface area contributed by atoms with Crippen LogP contribution in [0.15, 0.2) is 109 Å². The molecule has 0 heterocycles. The maximum atomic E-state index is 12.9. The average Bonchev–Trinajstić information content (AvgIpc) is 3.47. The van der Waals surface area contributed by atoms with E-state index in [1.807, 2.05) is 0 Å². The lowest BCUT2D eigenvalue weighted by molar-refractivity contribution is -0.167. The summed E-state index contributed by atoms with van der Waals surface area (Å²) in [6.45, 7) is 6.45. The summed E-state index contributed by atoms with van der Waals surface area (Å²) in [5.41, 5.74) is 0. The maximum absolute atomic E-state index is 12.9. The molecule has 0 amide bonds. The Morgan fingerprint density at radius 2 is 0.481 bits per heavy atom. The van der Waals surface area contributed by atoms with Crippen LogP contribution in [0.2, 0.25) is 0 Å². The Morgan fingerprint density at radius 1 is 0.259 bits per heavy atom. The van der Waals surface area contributed by atoms with E-state index in [0.29, 0.717) is 19.3 Å². The van der Waals surface area contributed by atoms with Gasteiger partial charge in [0.25, 0.3) is 0 Å². The molecule has 0 fully saturated rings. The first-order valence-corrected chi connectivity index (χ1v) is 34.4. The highest BCUT2D eigenvalue weighted by Gasteiger charge is 2.19. The summed E-state index contributed by atoms with van der Waals surface area (Å²) < 4.78 is 16.8. The second-order valence-electron chi connectivity index (χ2n) is 22.7. The van der Waals surface area contributed by atoms with Gasteiger partial charge in [0.15, 0.2) is 6.10 Å². The predicted molar refractivity (Wildman–Crippen MR) is 353 cm³/mol. The molecule has 0 saturated carbocycles. The van der Waals surface area contributed by atoms with Crippen molar-refractivity contribution in [1.82, 2.24) is 0 Å². The molecule has 0 aliphatic heterocycles. The number of carbonyl (C=O) groups is 3. The molecule has 0 aromatic carbocycles. The fraction of sp³-hybridized carbons (Fsp3) is 0.720. The highest BCUT2D eigenvalue weighted by Crippen LogP contribution is 2.17. The van der Waals surface area contributed by atoms with Gasteiger partial charge < -0.3 is 14.2 Å². The minimum absolute atomic E-state index is 0.0788. The van der Waals surface area contributed by atoms with Crippen molar-refractivity contribution in [2.24, 2.45) is 0 Å². The van der Waals surface area contributed by atoms with E-state index in [9.17, 15) is 14.4 Å². The van der Waals surface area contributed by atoms with E-state index in [4.69, 9.17) is 14.2 Å². The monoisotopic (exact) mass is 1120 g/mol. The van der Waals surface area contributed by atoms with Gasteiger partial charge in [-0.25, -0.2) is 0 Å². The molecule has 0 aliphatic carbocycles. The van der Waals surface area contributed by atoms with Crippen molar-refractivity contribution in [3.8, 4) is 0 Å². The number of unbranched alkanes of at least 4 members (excludes halogenated alkanes) is 33. The lowest BCUT2D eigenvalue weighted by atomic mass is 10.0. The van der Waals surface area contributed by atoms with Gasteiger partial charge in [0.1, 0.15) is 13.2 Å². The van der Waals surface area contributed by atoms with Crippen LogP contribution in [0.4, 0.5) is 0 Å². The molecular weight excluding hydrogens is 997 g/mol. The predicted octanol–water partition coefficient (Wildman–Crippen LogP) is 23.8. The van der Waals surface area contributed by atoms with Gasteiger partial charge >= 0.3 is 17.9 Å². The molecule has 0 aromatic rings. The molecule has 0 rings (SSSR count). The smallest absolute Gasteiger partial charge is 0.306 e. The van der Waals surface area contributed by atoms with E-state index < -0.39 is 6.10 Å². The van der Waals surface area contributed by atoms with Gasteiger partial charge in [-0.1, -0.05) is 310 Å². The van der Waals surface area contributed by atoms with Crippen molar-refractivity contribution < 1.29 is 28.6 Å². The molecule has 1 unspecified atom stereocenters. The Bertz CT molecular complexity index is 1620. The first-order chi connectivity index (χ1) is 40.0. The Hall–Kier alpha value is -3.93. The van der Waals surface area contributed by atoms with Gasteiger partial charge in [0, 0.05) is 19.3 Å². The summed E-state index contributed by atoms with van der Waals surface area (Å²) in [6.07, 6.45) is 94.5. The first-order valence-electron chi connectivity index (χ1n) is 34.4. The summed E-state index contributed by atoms with van der Waals surface area (Å²) in [7, 11) is 0. The highest BCUT2D eigenvalue weighted by atomic mass is 16.6. The molecule has 0 aromatic heterocycles. The van der Waals surface area contributed by atoms with Crippen LogP contribution in [0, 0.1) is 0 Å². The van der Waals surface area contributed by atoms with E-state index in [2.05, 4.69) is 130 Å². The van der Waals surface area contributed by atoms with Crippen LogP contribution < -0.4 is 0 Å². The Balaban J connectivity index is 4.03. The van der Waals surface area contributed by atoms with Crippen LogP contribution in [0.3, 0.4) is 0 Å². The van der Waals surface area contributed by atoms with Gasteiger partial charge in [0.2, 0.25) is 0 Å². The van der Waals surface area contributed by atoms with Crippen molar-refractivity contribution in [2.75, 3.05) is 13.2 Å². The van der Waals surface area contributed by atoms with Gasteiger partial charge in [-0.2, -0.15) is 0 Å². The number of allylic oxidation sites excluding steroid dienone is 18. The van der Waals surface area contributed by atoms with Gasteiger partial charge in [0.05, 0.1) is 0 Å². The van der Waals surface area contributed by atoms with Crippen molar-refractivity contribution in [3.63, 3.8) is 0 Å². The van der Waals surface area contributed by atoms with Crippen molar-refractivity contribution in [3.05, 3.63) is 109 Å².